The van der Waals surface area contributed by atoms with Gasteiger partial charge in [-0.3, -0.25) is 14.9 Å². The van der Waals surface area contributed by atoms with Crippen LogP contribution in [0.4, 0.5) is 21.9 Å². The summed E-state index contributed by atoms with van der Waals surface area (Å²) in [5.74, 6) is -0.354. The van der Waals surface area contributed by atoms with Crippen LogP contribution >= 0.6 is 0 Å². The monoisotopic (exact) mass is 508 g/mol. The van der Waals surface area contributed by atoms with E-state index in [2.05, 4.69) is 20.9 Å². The van der Waals surface area contributed by atoms with Crippen molar-refractivity contribution in [3.63, 3.8) is 0 Å². The van der Waals surface area contributed by atoms with Crippen LogP contribution in [0.5, 0.6) is 0 Å². The maximum Gasteiger partial charge on any atom is 0.412 e. The molecule has 37 heavy (non-hydrogen) atoms. The molecular weight excluding hydrogens is 472 g/mol. The summed E-state index contributed by atoms with van der Waals surface area (Å²) < 4.78 is 10.6. The molecule has 198 valence electrons. The van der Waals surface area contributed by atoms with E-state index >= 15 is 0 Å². The fraction of sp³-hybridized carbons (Fsp3) is 0.393. The second-order valence-electron chi connectivity index (χ2n) is 9.59. The number of morpholine rings is 1. The number of nitrogens with one attached hydrogen (secondary N) is 3. The quantitative estimate of drug-likeness (QED) is 0.338. The van der Waals surface area contributed by atoms with Crippen LogP contribution in [0.25, 0.3) is 0 Å². The third-order valence-electron chi connectivity index (χ3n) is 5.41. The molecule has 0 bridgehead atoms. The Morgan fingerprint density at radius 3 is 2.24 bits per heavy atom. The zero-order valence-electron chi connectivity index (χ0n) is 21.7. The van der Waals surface area contributed by atoms with Crippen molar-refractivity contribution in [2.75, 3.05) is 48.4 Å². The van der Waals surface area contributed by atoms with Crippen LogP contribution in [0.15, 0.2) is 60.7 Å². The minimum absolute atomic E-state index is 0.131. The molecule has 1 fully saturated rings. The molecule has 3 rings (SSSR count). The van der Waals surface area contributed by atoms with Crippen LogP contribution in [-0.4, -0.2) is 56.4 Å². The van der Waals surface area contributed by atoms with Gasteiger partial charge in [-0.05, 0) is 63.6 Å². The fourth-order valence-electron chi connectivity index (χ4n) is 3.64. The van der Waals surface area contributed by atoms with Gasteiger partial charge in [0.2, 0.25) is 5.91 Å². The molecule has 0 atom stereocenters. The number of anilines is 3. The smallest absolute Gasteiger partial charge is 0.412 e. The summed E-state index contributed by atoms with van der Waals surface area (Å²) >= 11 is 0. The SMILES string of the molecule is CC(C)(C)OC(=O)Nc1ccccc1NC(=O)CC=CCCNC(=O)c1ccc(N2CCOCC2)cc1. The molecule has 3 amide bonds. The zero-order valence-corrected chi connectivity index (χ0v) is 21.7. The van der Waals surface area contributed by atoms with Gasteiger partial charge >= 0.3 is 6.09 Å². The molecule has 2 aromatic rings. The van der Waals surface area contributed by atoms with Gasteiger partial charge in [-0.1, -0.05) is 24.3 Å². The number of hydrogen-bond acceptors (Lipinski definition) is 6. The Labute approximate surface area is 218 Å². The Balaban J connectivity index is 1.38. The van der Waals surface area contributed by atoms with Gasteiger partial charge in [0.1, 0.15) is 5.60 Å². The van der Waals surface area contributed by atoms with Crippen molar-refractivity contribution < 1.29 is 23.9 Å². The van der Waals surface area contributed by atoms with Gasteiger partial charge in [0.15, 0.2) is 0 Å². The van der Waals surface area contributed by atoms with Crippen molar-refractivity contribution in [3.8, 4) is 0 Å². The molecule has 2 aromatic carbocycles. The Hall–Kier alpha value is -3.85. The Bertz CT molecular complexity index is 1090. The molecule has 0 spiro atoms. The first-order chi connectivity index (χ1) is 17.7. The van der Waals surface area contributed by atoms with Gasteiger partial charge in [-0.15, -0.1) is 0 Å². The standard InChI is InChI=1S/C28H36N4O5/c1-28(2,3)37-27(35)31-24-10-7-6-9-23(24)30-25(33)11-5-4-8-16-29-26(34)21-12-14-22(15-13-21)32-17-19-36-20-18-32/h4-7,9-10,12-15H,8,11,16-20H2,1-3H3,(H,29,34)(H,30,33)(H,31,35). The molecule has 9 heteroatoms. The summed E-state index contributed by atoms with van der Waals surface area (Å²) in [5, 5.41) is 8.35. The van der Waals surface area contributed by atoms with Crippen LogP contribution in [0, 0.1) is 0 Å². The van der Waals surface area contributed by atoms with Crippen LogP contribution in [-0.2, 0) is 14.3 Å². The first-order valence-electron chi connectivity index (χ1n) is 12.5. The van der Waals surface area contributed by atoms with Gasteiger partial charge in [-0.2, -0.15) is 0 Å². The van der Waals surface area contributed by atoms with Gasteiger partial charge in [0.05, 0.1) is 24.6 Å². The van der Waals surface area contributed by atoms with Crippen molar-refractivity contribution >= 4 is 35.0 Å². The second kappa shape index (κ2) is 13.5. The van der Waals surface area contributed by atoms with E-state index in [1.54, 1.807) is 51.1 Å². The molecule has 1 saturated heterocycles. The lowest BCUT2D eigenvalue weighted by Gasteiger charge is -2.28. The molecule has 0 aromatic heterocycles. The van der Waals surface area contributed by atoms with E-state index in [1.807, 2.05) is 30.3 Å². The molecule has 3 N–H and O–H groups in total. The molecule has 9 nitrogen and oxygen atoms in total. The van der Waals surface area contributed by atoms with Crippen molar-refractivity contribution in [3.05, 3.63) is 66.2 Å². The molecule has 1 aliphatic rings. The third kappa shape index (κ3) is 9.61. The summed E-state index contributed by atoms with van der Waals surface area (Å²) in [5.41, 5.74) is 2.01. The average molecular weight is 509 g/mol. The van der Waals surface area contributed by atoms with Gasteiger partial charge < -0.3 is 25.0 Å². The molecule has 1 aliphatic heterocycles. The van der Waals surface area contributed by atoms with Gasteiger partial charge in [-0.25, -0.2) is 4.79 Å². The van der Waals surface area contributed by atoms with Gasteiger partial charge in [0.25, 0.3) is 5.91 Å². The van der Waals surface area contributed by atoms with Crippen molar-refractivity contribution in [1.82, 2.24) is 5.32 Å². The lowest BCUT2D eigenvalue weighted by atomic mass is 10.1. The fourth-order valence-corrected chi connectivity index (χ4v) is 3.64. The number of ether oxygens (including phenoxy) is 2. The van der Waals surface area contributed by atoms with Crippen LogP contribution in [0.3, 0.4) is 0 Å². The maximum absolute atomic E-state index is 12.4. The first-order valence-corrected chi connectivity index (χ1v) is 12.5. The van der Waals surface area contributed by atoms with E-state index in [9.17, 15) is 14.4 Å². The summed E-state index contributed by atoms with van der Waals surface area (Å²) in [4.78, 5) is 39.1. The highest BCUT2D eigenvalue weighted by Crippen LogP contribution is 2.22. The van der Waals surface area contributed by atoms with Crippen molar-refractivity contribution in [2.45, 2.75) is 39.2 Å². The number of nitrogens with zero attached hydrogens (tertiary/aromatic N) is 1. The summed E-state index contributed by atoms with van der Waals surface area (Å²) in [6.07, 6.45) is 3.78. The number of benzene rings is 2. The van der Waals surface area contributed by atoms with E-state index in [4.69, 9.17) is 9.47 Å². The number of rotatable bonds is 9. The van der Waals surface area contributed by atoms with Crippen LogP contribution < -0.4 is 20.9 Å². The van der Waals surface area contributed by atoms with Crippen LogP contribution in [0.1, 0.15) is 44.0 Å². The molecular formula is C28H36N4O5. The highest BCUT2D eigenvalue weighted by molar-refractivity contribution is 5.98. The van der Waals surface area contributed by atoms with E-state index in [0.717, 1.165) is 32.0 Å². The largest absolute Gasteiger partial charge is 0.444 e. The predicted octanol–water partition coefficient (Wildman–Crippen LogP) is 4.58. The van der Waals surface area contributed by atoms with E-state index in [0.29, 0.717) is 29.9 Å². The molecule has 0 aliphatic carbocycles. The Morgan fingerprint density at radius 1 is 0.946 bits per heavy atom. The molecule has 0 radical (unpaired) electrons. The highest BCUT2D eigenvalue weighted by atomic mass is 16.6. The number of carbonyl (C=O) groups excluding carboxylic acids is 3. The zero-order chi connectivity index (χ0) is 26.7. The average Bonchev–Trinajstić information content (AvgIpc) is 2.86. The van der Waals surface area contributed by atoms with Gasteiger partial charge in [0, 0.05) is 37.3 Å². The molecule has 0 saturated carbocycles. The summed E-state index contributed by atoms with van der Waals surface area (Å²) in [7, 11) is 0. The lowest BCUT2D eigenvalue weighted by Crippen LogP contribution is -2.36. The minimum atomic E-state index is -0.625. The number of para-hydroxylation sites is 2. The van der Waals surface area contributed by atoms with E-state index in [-0.39, 0.29) is 18.2 Å². The second-order valence-corrected chi connectivity index (χ2v) is 9.59. The topological polar surface area (TPSA) is 109 Å². The number of carbonyl (C=O) groups is 3. The van der Waals surface area contributed by atoms with E-state index in [1.165, 1.54) is 0 Å². The first kappa shape index (κ1) is 27.7. The van der Waals surface area contributed by atoms with E-state index < -0.39 is 11.7 Å². The maximum atomic E-state index is 12.4. The summed E-state index contributed by atoms with van der Waals surface area (Å²) in [6, 6.07) is 14.5. The normalized spacial score (nSPS) is 13.8. The minimum Gasteiger partial charge on any atom is -0.444 e. The number of amides is 3. The van der Waals surface area contributed by atoms with Crippen molar-refractivity contribution in [2.24, 2.45) is 0 Å². The predicted molar refractivity (Wildman–Crippen MR) is 145 cm³/mol. The Morgan fingerprint density at radius 2 is 1.59 bits per heavy atom. The Kier molecular flexibility index (Phi) is 10.1. The number of hydrogen-bond donors (Lipinski definition) is 3. The lowest BCUT2D eigenvalue weighted by molar-refractivity contribution is -0.115. The van der Waals surface area contributed by atoms with Crippen LogP contribution in [0.2, 0.25) is 0 Å². The highest BCUT2D eigenvalue weighted by Gasteiger charge is 2.17. The molecule has 1 heterocycles. The third-order valence-corrected chi connectivity index (χ3v) is 5.41. The molecule has 0 unspecified atom stereocenters. The summed E-state index contributed by atoms with van der Waals surface area (Å²) in [6.45, 7) is 8.94. The van der Waals surface area contributed by atoms with Crippen molar-refractivity contribution in [1.29, 1.82) is 0 Å².